The number of carbonyl (C=O) groups is 1. The van der Waals surface area contributed by atoms with Crippen LogP contribution in [-0.2, 0) is 6.18 Å². The molecule has 3 rings (SSSR count). The second-order valence-corrected chi connectivity index (χ2v) is 9.63. The number of halogens is 4. The molecule has 3 aromatic carbocycles. The molecule has 0 atom stereocenters. The minimum absolute atomic E-state index is 0.0109. The molecule has 0 fully saturated rings. The predicted octanol–water partition coefficient (Wildman–Crippen LogP) is 8.48. The third kappa shape index (κ3) is 8.53. The maximum Gasteiger partial charge on any atom is 0.416 e. The zero-order valence-corrected chi connectivity index (χ0v) is 24.4. The Balaban J connectivity index is 0.000000312. The largest absolute Gasteiger partial charge is 0.477 e. The first-order chi connectivity index (χ1) is 20.4. The summed E-state index contributed by atoms with van der Waals surface area (Å²) in [6.07, 6.45) is -3.11. The monoisotopic (exact) mass is 642 g/mol. The lowest BCUT2D eigenvalue weighted by atomic mass is 10.0. The fourth-order valence-corrected chi connectivity index (χ4v) is 4.11. The molecule has 236 valence electrons. The number of hydrogen-bond acceptors (Lipinski definition) is 9. The van der Waals surface area contributed by atoms with Crippen LogP contribution in [0, 0.1) is 44.2 Å². The van der Waals surface area contributed by atoms with E-state index in [-0.39, 0.29) is 39.6 Å². The van der Waals surface area contributed by atoms with Gasteiger partial charge in [0.25, 0.3) is 11.4 Å². The zero-order chi connectivity index (χ0) is 33.5. The third-order valence-electron chi connectivity index (χ3n) is 6.39. The number of nitro groups is 3. The number of anilines is 1. The van der Waals surface area contributed by atoms with Crippen LogP contribution in [0.1, 0.15) is 53.7 Å². The summed E-state index contributed by atoms with van der Waals surface area (Å²) in [5, 5.41) is 44.8. The Morgan fingerprint density at radius 2 is 1.55 bits per heavy atom. The van der Waals surface area contributed by atoms with Crippen molar-refractivity contribution in [3.8, 4) is 11.5 Å². The van der Waals surface area contributed by atoms with Gasteiger partial charge in [0.05, 0.1) is 25.4 Å². The van der Waals surface area contributed by atoms with E-state index in [9.17, 15) is 48.3 Å². The molecule has 0 amide bonds. The number of aromatic carboxylic acids is 1. The van der Waals surface area contributed by atoms with Crippen molar-refractivity contribution in [1.29, 1.82) is 0 Å². The van der Waals surface area contributed by atoms with Crippen molar-refractivity contribution in [3.63, 3.8) is 0 Å². The zero-order valence-electron chi connectivity index (χ0n) is 23.6. The Labute approximate surface area is 252 Å². The highest BCUT2D eigenvalue weighted by atomic mass is 35.5. The van der Waals surface area contributed by atoms with Gasteiger partial charge < -0.3 is 15.2 Å². The van der Waals surface area contributed by atoms with Crippen LogP contribution in [0.5, 0.6) is 11.5 Å². The Morgan fingerprint density at radius 3 is 2.00 bits per heavy atom. The first kappa shape index (κ1) is 35.2. The molecule has 0 aromatic heterocycles. The van der Waals surface area contributed by atoms with E-state index in [1.54, 1.807) is 13.8 Å². The lowest BCUT2D eigenvalue weighted by Gasteiger charge is -2.17. The lowest BCUT2D eigenvalue weighted by Crippen LogP contribution is -2.19. The lowest BCUT2D eigenvalue weighted by molar-refractivity contribution is -0.392. The van der Waals surface area contributed by atoms with E-state index in [1.165, 1.54) is 6.07 Å². The molecule has 13 nitrogen and oxygen atoms in total. The molecular formula is C27H26ClF3N4O9. The molecule has 0 aliphatic carbocycles. The predicted molar refractivity (Wildman–Crippen MR) is 154 cm³/mol. The van der Waals surface area contributed by atoms with Crippen molar-refractivity contribution in [2.75, 3.05) is 5.32 Å². The molecule has 44 heavy (non-hydrogen) atoms. The van der Waals surface area contributed by atoms with Gasteiger partial charge in [-0.3, -0.25) is 30.3 Å². The number of nitro benzene ring substituents is 3. The molecule has 0 bridgehead atoms. The quantitative estimate of drug-likeness (QED) is 0.160. The van der Waals surface area contributed by atoms with Crippen LogP contribution in [0.2, 0.25) is 5.02 Å². The number of ether oxygens (including phenoxy) is 1. The molecule has 0 saturated carbocycles. The third-order valence-corrected chi connectivity index (χ3v) is 6.68. The van der Waals surface area contributed by atoms with Gasteiger partial charge in [-0.15, -0.1) is 0 Å². The van der Waals surface area contributed by atoms with Crippen molar-refractivity contribution in [2.45, 2.75) is 52.8 Å². The van der Waals surface area contributed by atoms with E-state index < -0.39 is 43.7 Å². The van der Waals surface area contributed by atoms with Gasteiger partial charge in [0.2, 0.25) is 0 Å². The number of carboxylic acid groups (broad SMARTS) is 1. The maximum absolute atomic E-state index is 12.6. The average molecular weight is 643 g/mol. The van der Waals surface area contributed by atoms with Crippen LogP contribution < -0.4 is 10.1 Å². The molecule has 0 saturated heterocycles. The van der Waals surface area contributed by atoms with Gasteiger partial charge in [0.15, 0.2) is 5.69 Å². The fraction of sp³-hybridized carbons (Fsp3) is 0.296. The first-order valence-electron chi connectivity index (χ1n) is 12.7. The Kier molecular flexibility index (Phi) is 11.6. The van der Waals surface area contributed by atoms with Crippen molar-refractivity contribution >= 4 is 40.3 Å². The number of hydrogen-bond donors (Lipinski definition) is 2. The molecule has 0 spiro atoms. The average Bonchev–Trinajstić information content (AvgIpc) is 2.93. The van der Waals surface area contributed by atoms with E-state index in [0.29, 0.717) is 17.2 Å². The van der Waals surface area contributed by atoms with Crippen molar-refractivity contribution in [3.05, 3.63) is 100 Å². The normalized spacial score (nSPS) is 10.9. The van der Waals surface area contributed by atoms with E-state index in [2.05, 4.69) is 5.32 Å². The van der Waals surface area contributed by atoms with Crippen LogP contribution in [0.25, 0.3) is 0 Å². The Bertz CT molecular complexity index is 1600. The Hall–Kier alpha value is -4.99. The number of benzene rings is 3. The number of rotatable bonds is 10. The summed E-state index contributed by atoms with van der Waals surface area (Å²) < 4.78 is 42.9. The van der Waals surface area contributed by atoms with Gasteiger partial charge in [0.1, 0.15) is 17.1 Å². The van der Waals surface area contributed by atoms with Crippen molar-refractivity contribution < 1.29 is 42.6 Å². The van der Waals surface area contributed by atoms with Gasteiger partial charge in [-0.2, -0.15) is 13.2 Å². The van der Waals surface area contributed by atoms with Crippen LogP contribution in [0.15, 0.2) is 42.5 Å². The van der Waals surface area contributed by atoms with E-state index in [4.69, 9.17) is 21.4 Å². The summed E-state index contributed by atoms with van der Waals surface area (Å²) in [6.45, 7) is 7.10. The number of alkyl halides is 3. The van der Waals surface area contributed by atoms with Crippen molar-refractivity contribution in [2.24, 2.45) is 0 Å². The van der Waals surface area contributed by atoms with Gasteiger partial charge in [-0.05, 0) is 56.5 Å². The molecule has 0 aliphatic heterocycles. The summed E-state index contributed by atoms with van der Waals surface area (Å²) in [5.74, 6) is -1.83. The molecule has 3 aromatic rings. The minimum Gasteiger partial charge on any atom is -0.477 e. The van der Waals surface area contributed by atoms with Crippen LogP contribution in [0.3, 0.4) is 0 Å². The molecular weight excluding hydrogens is 617 g/mol. The van der Waals surface area contributed by atoms with Gasteiger partial charge in [-0.25, -0.2) is 4.79 Å². The summed E-state index contributed by atoms with van der Waals surface area (Å²) in [4.78, 5) is 42.2. The summed E-state index contributed by atoms with van der Waals surface area (Å²) >= 11 is 5.72. The fourth-order valence-electron chi connectivity index (χ4n) is 3.89. The molecule has 2 N–H and O–H groups in total. The highest BCUT2D eigenvalue weighted by Crippen LogP contribution is 2.40. The van der Waals surface area contributed by atoms with Gasteiger partial charge in [0, 0.05) is 29.8 Å². The topological polar surface area (TPSA) is 188 Å². The van der Waals surface area contributed by atoms with E-state index >= 15 is 0 Å². The van der Waals surface area contributed by atoms with Crippen LogP contribution in [0.4, 0.5) is 35.9 Å². The summed E-state index contributed by atoms with van der Waals surface area (Å²) in [6, 6.07) is 6.61. The highest BCUT2D eigenvalue weighted by molar-refractivity contribution is 6.32. The summed E-state index contributed by atoms with van der Waals surface area (Å²) in [7, 11) is 0. The number of nitrogens with one attached hydrogen (secondary N) is 1. The van der Waals surface area contributed by atoms with E-state index in [0.717, 1.165) is 43.2 Å². The second-order valence-electron chi connectivity index (χ2n) is 9.22. The maximum atomic E-state index is 12.6. The number of nitrogens with zero attached hydrogens (tertiary/aromatic N) is 3. The minimum atomic E-state index is -4.58. The molecule has 17 heteroatoms. The second kappa shape index (κ2) is 14.5. The summed E-state index contributed by atoms with van der Waals surface area (Å²) in [5.41, 5.74) is -1.69. The molecule has 0 radical (unpaired) electrons. The standard InChI is InChI=1S/C14H7ClF3NO5.C13H19N3O4/c15-10-5-7(14(16,17)18)1-4-12(10)24-8-2-3-11(19(22)23)9(6-8)13(20)21;1-5-10(6-2)14-12-11(15(17)18)7-8(3)9(4)13(12)16(19)20/h1-6H,(H,20,21);7,10,14H,5-6H2,1-4H3. The van der Waals surface area contributed by atoms with Crippen LogP contribution in [-0.4, -0.2) is 31.9 Å². The number of aryl methyl sites for hydroxylation is 1. The van der Waals surface area contributed by atoms with Gasteiger partial charge in [-0.1, -0.05) is 25.4 Å². The number of carboxylic acids is 1. The van der Waals surface area contributed by atoms with E-state index in [1.807, 2.05) is 13.8 Å². The van der Waals surface area contributed by atoms with Gasteiger partial charge >= 0.3 is 17.8 Å². The highest BCUT2D eigenvalue weighted by Gasteiger charge is 2.32. The smallest absolute Gasteiger partial charge is 0.416 e. The SMILES string of the molecule is CCC(CC)Nc1c([N+](=O)[O-])cc(C)c(C)c1[N+](=O)[O-].O=C(O)c1cc(Oc2ccc(C(F)(F)F)cc2Cl)ccc1[N+](=O)[O-]. The Morgan fingerprint density at radius 1 is 0.955 bits per heavy atom. The van der Waals surface area contributed by atoms with Crippen LogP contribution >= 0.6 is 11.6 Å². The molecule has 0 heterocycles. The van der Waals surface area contributed by atoms with Crippen molar-refractivity contribution in [1.82, 2.24) is 0 Å². The molecule has 0 aliphatic rings. The molecule has 0 unspecified atom stereocenters. The first-order valence-corrected chi connectivity index (χ1v) is 13.1.